The number of carbonyl (C=O) groups is 4. The number of rotatable bonds is 6. The molecule has 8 nitrogen and oxygen atoms in total. The Hall–Kier alpha value is -1.07. The van der Waals surface area contributed by atoms with Crippen LogP contribution in [0.15, 0.2) is 0 Å². The summed E-state index contributed by atoms with van der Waals surface area (Å²) in [7, 11) is 0. The van der Waals surface area contributed by atoms with Crippen LogP contribution < -0.4 is 10.2 Å². The molecular formula is C10H14O8U. The van der Waals surface area contributed by atoms with E-state index in [1.807, 2.05) is 0 Å². The molecule has 106 valence electrons. The van der Waals surface area contributed by atoms with E-state index in [0.29, 0.717) is 0 Å². The SMILES string of the molecule is CC(=O)CCC(=O)[O-].CC(=O)CCC(=O)[O-].[O]=[U+2]=[O]. The Balaban J connectivity index is -0.000000224. The van der Waals surface area contributed by atoms with Crippen LogP contribution >= 0.6 is 0 Å². The van der Waals surface area contributed by atoms with Gasteiger partial charge in [-0.3, -0.25) is 0 Å². The molecule has 0 fully saturated rings. The molecule has 0 aliphatic heterocycles. The van der Waals surface area contributed by atoms with Gasteiger partial charge in [-0.1, -0.05) is 0 Å². The van der Waals surface area contributed by atoms with E-state index in [1.54, 1.807) is 0 Å². The molecule has 0 amide bonds. The van der Waals surface area contributed by atoms with Crippen molar-refractivity contribution in [3.63, 3.8) is 0 Å². The number of ketones is 2. The molecule has 0 aliphatic carbocycles. The van der Waals surface area contributed by atoms with Crippen molar-refractivity contribution in [1.29, 1.82) is 0 Å². The molecule has 0 spiro atoms. The van der Waals surface area contributed by atoms with Gasteiger partial charge >= 0.3 is 32.3 Å². The monoisotopic (exact) mass is 500 g/mol. The van der Waals surface area contributed by atoms with Gasteiger partial charge in [-0.05, 0) is 26.7 Å². The van der Waals surface area contributed by atoms with Crippen LogP contribution in [0, 0.1) is 27.8 Å². The van der Waals surface area contributed by atoms with Gasteiger partial charge < -0.3 is 29.4 Å². The fourth-order valence-electron chi connectivity index (χ4n) is 0.556. The van der Waals surface area contributed by atoms with Crippen LogP contribution in [-0.4, -0.2) is 23.5 Å². The zero-order valence-corrected chi connectivity index (χ0v) is 14.8. The molecule has 0 bridgehead atoms. The molecule has 0 saturated carbocycles. The van der Waals surface area contributed by atoms with Crippen LogP contribution in [-0.2, 0) is 23.6 Å². The molecule has 0 aromatic carbocycles. The Kier molecular flexibility index (Phi) is 20.5. The standard InChI is InChI=1S/2C5H8O3.2O.U/c2*1-4(6)2-3-5(7)8;;;/h2*2-3H2,1H3,(H,7,8);;;/q;;;;+2/p-2. The summed E-state index contributed by atoms with van der Waals surface area (Å²) in [6.07, 6.45) is -0.144. The molecular weight excluding hydrogens is 486 g/mol. The first-order valence-corrected chi connectivity index (χ1v) is 8.45. The second kappa shape index (κ2) is 16.9. The summed E-state index contributed by atoms with van der Waals surface area (Å²) in [5.74, 6) is -2.57. The number of carboxylic acid groups (broad SMARTS) is 2. The third-order valence-electron chi connectivity index (χ3n) is 1.36. The second-order valence-corrected chi connectivity index (χ2v) is 3.93. The average molecular weight is 500 g/mol. The normalized spacial score (nSPS) is 7.68. The van der Waals surface area contributed by atoms with Gasteiger partial charge in [0.25, 0.3) is 0 Å². The van der Waals surface area contributed by atoms with Gasteiger partial charge in [0.05, 0.1) is 0 Å². The Morgan fingerprint density at radius 3 is 1.00 bits per heavy atom. The molecule has 0 heterocycles. The molecule has 0 N–H and O–H groups in total. The summed E-state index contributed by atoms with van der Waals surface area (Å²) >= 11 is -2.51. The molecule has 0 atom stereocenters. The van der Waals surface area contributed by atoms with Crippen LogP contribution in [0.1, 0.15) is 39.5 Å². The van der Waals surface area contributed by atoms with E-state index in [9.17, 15) is 29.4 Å². The maximum atomic E-state index is 10.1. The molecule has 0 unspecified atom stereocenters. The predicted molar refractivity (Wildman–Crippen MR) is 51.2 cm³/mol. The molecule has 0 rings (SSSR count). The summed E-state index contributed by atoms with van der Waals surface area (Å²) in [5, 5.41) is 19.3. The molecule has 9 heteroatoms. The molecule has 0 radical (unpaired) electrons. The molecule has 19 heavy (non-hydrogen) atoms. The van der Waals surface area contributed by atoms with Gasteiger partial charge in [0.2, 0.25) is 0 Å². The molecule has 0 aliphatic rings. The molecule has 0 aromatic heterocycles. The Morgan fingerprint density at radius 2 is 0.947 bits per heavy atom. The van der Waals surface area contributed by atoms with Gasteiger partial charge in [0.1, 0.15) is 11.6 Å². The number of Topliss-reactive ketones (excluding diaryl/α,β-unsaturated/α-hetero) is 2. The van der Waals surface area contributed by atoms with Gasteiger partial charge in [0, 0.05) is 24.8 Å². The van der Waals surface area contributed by atoms with Crippen LogP contribution in [0.3, 0.4) is 0 Å². The summed E-state index contributed by atoms with van der Waals surface area (Å²) in [6, 6.07) is 0. The van der Waals surface area contributed by atoms with Gasteiger partial charge in [-0.2, -0.15) is 0 Å². The summed E-state index contributed by atoms with van der Waals surface area (Å²) < 4.78 is 17.2. The van der Waals surface area contributed by atoms with E-state index in [1.165, 1.54) is 13.8 Å². The van der Waals surface area contributed by atoms with Crippen molar-refractivity contribution < 1.29 is 61.7 Å². The number of carboxylic acids is 2. The fourth-order valence-corrected chi connectivity index (χ4v) is 0.556. The predicted octanol–water partition coefficient (Wildman–Crippen LogP) is -2.03. The average Bonchev–Trinajstić information content (AvgIpc) is 2.25. The fraction of sp³-hybridized carbons (Fsp3) is 0.600. The third-order valence-corrected chi connectivity index (χ3v) is 1.36. The van der Waals surface area contributed by atoms with Crippen molar-refractivity contribution in [1.82, 2.24) is 0 Å². The molecule has 0 saturated heterocycles. The Morgan fingerprint density at radius 1 is 0.737 bits per heavy atom. The number of hydrogen-bond acceptors (Lipinski definition) is 8. The summed E-state index contributed by atoms with van der Waals surface area (Å²) in [5.41, 5.74) is 0. The van der Waals surface area contributed by atoms with Gasteiger partial charge in [-0.15, -0.1) is 0 Å². The zero-order chi connectivity index (χ0) is 15.8. The van der Waals surface area contributed by atoms with Crippen LogP contribution in [0.5, 0.6) is 0 Å². The van der Waals surface area contributed by atoms with Crippen molar-refractivity contribution >= 4 is 23.5 Å². The first kappa shape index (κ1) is 23.1. The van der Waals surface area contributed by atoms with E-state index in [-0.39, 0.29) is 37.2 Å². The first-order valence-electron chi connectivity index (χ1n) is 5.05. The van der Waals surface area contributed by atoms with Crippen molar-refractivity contribution in [3.8, 4) is 0 Å². The van der Waals surface area contributed by atoms with Crippen molar-refractivity contribution in [2.75, 3.05) is 0 Å². The van der Waals surface area contributed by atoms with Gasteiger partial charge in [0.15, 0.2) is 0 Å². The molecule has 0 aromatic rings. The van der Waals surface area contributed by atoms with Crippen molar-refractivity contribution in [3.05, 3.63) is 0 Å². The minimum absolute atomic E-state index is 0.0856. The Bertz CT molecular complexity index is 287. The van der Waals surface area contributed by atoms with E-state index in [4.69, 9.17) is 4.47 Å². The topological polar surface area (TPSA) is 149 Å². The quantitative estimate of drug-likeness (QED) is 0.406. The second-order valence-electron chi connectivity index (χ2n) is 3.23. The Labute approximate surface area is 124 Å². The third kappa shape index (κ3) is 47.3. The zero-order valence-electron chi connectivity index (χ0n) is 10.6. The van der Waals surface area contributed by atoms with Gasteiger partial charge in [-0.25, -0.2) is 0 Å². The minimum atomic E-state index is -2.51. The summed E-state index contributed by atoms with van der Waals surface area (Å²) in [6.45, 7) is 2.70. The number of carbonyl (C=O) groups excluding carboxylic acids is 4. The van der Waals surface area contributed by atoms with Crippen LogP contribution in [0.25, 0.3) is 0 Å². The number of aliphatic carboxylic acids is 2. The van der Waals surface area contributed by atoms with Crippen LogP contribution in [0.4, 0.5) is 0 Å². The van der Waals surface area contributed by atoms with Crippen LogP contribution in [0.2, 0.25) is 0 Å². The number of hydrogen-bond donors (Lipinski definition) is 0. The van der Waals surface area contributed by atoms with E-state index >= 15 is 0 Å². The van der Waals surface area contributed by atoms with E-state index in [0.717, 1.165) is 0 Å². The maximum absolute atomic E-state index is 10.1. The van der Waals surface area contributed by atoms with Crippen molar-refractivity contribution in [2.24, 2.45) is 0 Å². The summed E-state index contributed by atoms with van der Waals surface area (Å²) in [4.78, 5) is 39.4. The van der Waals surface area contributed by atoms with Crippen molar-refractivity contribution in [2.45, 2.75) is 39.5 Å². The first-order chi connectivity index (χ1) is 8.67. The van der Waals surface area contributed by atoms with E-state index in [2.05, 4.69) is 0 Å². The van der Waals surface area contributed by atoms with E-state index < -0.39 is 39.8 Å².